The molecule has 0 aliphatic carbocycles. The number of halogens is 1. The van der Waals surface area contributed by atoms with Gasteiger partial charge in [0.1, 0.15) is 5.82 Å². The minimum absolute atomic E-state index is 0.146. The Labute approximate surface area is 131 Å². The highest BCUT2D eigenvalue weighted by Crippen LogP contribution is 2.36. The van der Waals surface area contributed by atoms with Gasteiger partial charge < -0.3 is 5.32 Å². The van der Waals surface area contributed by atoms with E-state index >= 15 is 0 Å². The van der Waals surface area contributed by atoms with Crippen molar-refractivity contribution >= 4 is 11.8 Å². The zero-order valence-electron chi connectivity index (χ0n) is 12.8. The fourth-order valence-electron chi connectivity index (χ4n) is 2.23. The van der Waals surface area contributed by atoms with Crippen molar-refractivity contribution in [1.82, 2.24) is 5.32 Å². The van der Waals surface area contributed by atoms with Crippen LogP contribution in [0.15, 0.2) is 52.3 Å². The van der Waals surface area contributed by atoms with E-state index in [1.54, 1.807) is 6.07 Å². The Kier molecular flexibility index (Phi) is 5.83. The molecule has 0 amide bonds. The number of hydrogen-bond donors (Lipinski definition) is 1. The van der Waals surface area contributed by atoms with Crippen molar-refractivity contribution in [3.8, 4) is 0 Å². The number of hydrogen-bond acceptors (Lipinski definition) is 2. The first-order chi connectivity index (χ1) is 10.1. The zero-order chi connectivity index (χ0) is 15.2. The summed E-state index contributed by atoms with van der Waals surface area (Å²) in [4.78, 5) is 1.83. The highest BCUT2D eigenvalue weighted by molar-refractivity contribution is 7.99. The minimum atomic E-state index is -0.147. The maximum atomic E-state index is 14.3. The van der Waals surface area contributed by atoms with Crippen LogP contribution in [0.5, 0.6) is 0 Å². The Balaban J connectivity index is 2.32. The molecule has 21 heavy (non-hydrogen) atoms. The van der Waals surface area contributed by atoms with Gasteiger partial charge in [-0.3, -0.25) is 0 Å². The molecule has 0 fully saturated rings. The Hall–Kier alpha value is -1.32. The van der Waals surface area contributed by atoms with Crippen molar-refractivity contribution in [1.29, 1.82) is 0 Å². The molecule has 1 N–H and O–H groups in total. The van der Waals surface area contributed by atoms with Crippen molar-refractivity contribution in [2.24, 2.45) is 0 Å². The quantitative estimate of drug-likeness (QED) is 0.772. The molecule has 0 saturated carbocycles. The fraction of sp³-hybridized carbons (Fsp3) is 0.333. The summed E-state index contributed by atoms with van der Waals surface area (Å²) in [7, 11) is 0. The number of benzene rings is 2. The van der Waals surface area contributed by atoms with Gasteiger partial charge in [-0.05, 0) is 50.1 Å². The number of aryl methyl sites for hydroxylation is 1. The predicted octanol–water partition coefficient (Wildman–Crippen LogP) is 5.35. The monoisotopic (exact) mass is 303 g/mol. The van der Waals surface area contributed by atoms with Crippen molar-refractivity contribution in [2.45, 2.75) is 43.0 Å². The lowest BCUT2D eigenvalue weighted by atomic mass is 10.1. The second-order valence-corrected chi connectivity index (χ2v) is 6.25. The first kappa shape index (κ1) is 16.1. The molecule has 2 aromatic rings. The molecule has 0 aliphatic rings. The van der Waals surface area contributed by atoms with Gasteiger partial charge in [-0.25, -0.2) is 4.39 Å². The molecule has 0 bridgehead atoms. The Morgan fingerprint density at radius 2 is 1.90 bits per heavy atom. The summed E-state index contributed by atoms with van der Waals surface area (Å²) in [5, 5.41) is 3.44. The van der Waals surface area contributed by atoms with E-state index in [-0.39, 0.29) is 11.9 Å². The summed E-state index contributed by atoms with van der Waals surface area (Å²) in [6.07, 6.45) is 1.07. The van der Waals surface area contributed by atoms with Crippen LogP contribution in [0.25, 0.3) is 0 Å². The molecule has 0 aliphatic heterocycles. The summed E-state index contributed by atoms with van der Waals surface area (Å²) >= 11 is 1.51. The highest BCUT2D eigenvalue weighted by atomic mass is 32.2. The molecule has 0 aromatic heterocycles. The first-order valence-corrected chi connectivity index (χ1v) is 8.20. The van der Waals surface area contributed by atoms with Crippen LogP contribution in [0, 0.1) is 12.7 Å². The lowest BCUT2D eigenvalue weighted by Crippen LogP contribution is -2.20. The van der Waals surface area contributed by atoms with Gasteiger partial charge in [0.25, 0.3) is 0 Å². The normalized spacial score (nSPS) is 12.4. The highest BCUT2D eigenvalue weighted by Gasteiger charge is 2.15. The van der Waals surface area contributed by atoms with Crippen molar-refractivity contribution < 1.29 is 4.39 Å². The van der Waals surface area contributed by atoms with E-state index in [4.69, 9.17) is 0 Å². The summed E-state index contributed by atoms with van der Waals surface area (Å²) in [6.45, 7) is 7.22. The van der Waals surface area contributed by atoms with Crippen LogP contribution in [0.1, 0.15) is 37.4 Å². The van der Waals surface area contributed by atoms with Gasteiger partial charge in [-0.2, -0.15) is 0 Å². The smallest absolute Gasteiger partial charge is 0.137 e. The van der Waals surface area contributed by atoms with E-state index in [1.165, 1.54) is 23.4 Å². The zero-order valence-corrected chi connectivity index (χ0v) is 13.6. The Morgan fingerprint density at radius 3 is 2.62 bits per heavy atom. The topological polar surface area (TPSA) is 12.0 Å². The lowest BCUT2D eigenvalue weighted by molar-refractivity contribution is 0.543. The van der Waals surface area contributed by atoms with Crippen LogP contribution in [0.2, 0.25) is 0 Å². The third kappa shape index (κ3) is 4.08. The van der Waals surface area contributed by atoms with Gasteiger partial charge in [0, 0.05) is 10.9 Å². The molecule has 2 aromatic carbocycles. The molecule has 1 atom stereocenters. The number of rotatable bonds is 6. The summed E-state index contributed by atoms with van der Waals surface area (Å²) in [6, 6.07) is 13.6. The van der Waals surface area contributed by atoms with Crippen molar-refractivity contribution in [3.05, 3.63) is 59.4 Å². The molecule has 2 rings (SSSR count). The predicted molar refractivity (Wildman–Crippen MR) is 88.4 cm³/mol. The third-order valence-corrected chi connectivity index (χ3v) is 4.78. The van der Waals surface area contributed by atoms with Crippen molar-refractivity contribution in [3.63, 3.8) is 0 Å². The van der Waals surface area contributed by atoms with Crippen LogP contribution in [0.3, 0.4) is 0 Å². The van der Waals surface area contributed by atoms with E-state index in [1.807, 2.05) is 24.3 Å². The van der Waals surface area contributed by atoms with E-state index in [0.717, 1.165) is 28.3 Å². The largest absolute Gasteiger partial charge is 0.310 e. The Bertz CT molecular complexity index is 598. The van der Waals surface area contributed by atoms with E-state index < -0.39 is 0 Å². The van der Waals surface area contributed by atoms with Crippen LogP contribution < -0.4 is 5.32 Å². The van der Waals surface area contributed by atoms with E-state index in [2.05, 4.69) is 32.2 Å². The first-order valence-electron chi connectivity index (χ1n) is 7.38. The molecule has 3 heteroatoms. The molecule has 1 nitrogen and oxygen atoms in total. The molecular formula is C18H22FNS. The van der Waals surface area contributed by atoms with Gasteiger partial charge in [0.15, 0.2) is 0 Å². The molecule has 0 heterocycles. The molecule has 0 saturated heterocycles. The van der Waals surface area contributed by atoms with Gasteiger partial charge in [0.2, 0.25) is 0 Å². The van der Waals surface area contributed by atoms with Crippen LogP contribution in [0.4, 0.5) is 4.39 Å². The van der Waals surface area contributed by atoms with Gasteiger partial charge >= 0.3 is 0 Å². The van der Waals surface area contributed by atoms with Crippen LogP contribution in [-0.4, -0.2) is 6.54 Å². The van der Waals surface area contributed by atoms with Gasteiger partial charge in [0.05, 0.1) is 4.90 Å². The minimum Gasteiger partial charge on any atom is -0.310 e. The SMILES string of the molecule is CCCNC(C)c1cccc(F)c1Sc1ccccc1C. The third-order valence-electron chi connectivity index (χ3n) is 3.47. The molecule has 0 radical (unpaired) electrons. The average Bonchev–Trinajstić information content (AvgIpc) is 2.49. The van der Waals surface area contributed by atoms with Crippen molar-refractivity contribution in [2.75, 3.05) is 6.54 Å². The number of nitrogens with one attached hydrogen (secondary N) is 1. The van der Waals surface area contributed by atoms with E-state index in [9.17, 15) is 4.39 Å². The van der Waals surface area contributed by atoms with E-state index in [0.29, 0.717) is 0 Å². The molecule has 112 valence electrons. The maximum Gasteiger partial charge on any atom is 0.137 e. The molecule has 0 spiro atoms. The van der Waals surface area contributed by atoms with Crippen LogP contribution in [-0.2, 0) is 0 Å². The summed E-state index contributed by atoms with van der Waals surface area (Å²) < 4.78 is 14.3. The lowest BCUT2D eigenvalue weighted by Gasteiger charge is -2.18. The Morgan fingerprint density at radius 1 is 1.14 bits per heavy atom. The molecular weight excluding hydrogens is 281 g/mol. The molecule has 1 unspecified atom stereocenters. The second kappa shape index (κ2) is 7.62. The fourth-order valence-corrected chi connectivity index (χ4v) is 3.35. The van der Waals surface area contributed by atoms with Gasteiger partial charge in [-0.15, -0.1) is 0 Å². The summed E-state index contributed by atoms with van der Waals surface area (Å²) in [5.74, 6) is -0.147. The maximum absolute atomic E-state index is 14.3. The second-order valence-electron chi connectivity index (χ2n) is 5.20. The average molecular weight is 303 g/mol. The van der Waals surface area contributed by atoms with Gasteiger partial charge in [-0.1, -0.05) is 49.0 Å². The standard InChI is InChI=1S/C18H22FNS/c1-4-12-20-14(3)15-9-7-10-16(19)18(15)21-17-11-6-5-8-13(17)2/h5-11,14,20H,4,12H2,1-3H3. The summed E-state index contributed by atoms with van der Waals surface area (Å²) in [5.41, 5.74) is 2.20. The van der Waals surface area contributed by atoms with Crippen LogP contribution >= 0.6 is 11.8 Å².